The number of aryl methyl sites for hydroxylation is 3. The Kier molecular flexibility index (Phi) is 7.99. The quantitative estimate of drug-likeness (QED) is 0.411. The molecule has 0 spiro atoms. The van der Waals surface area contributed by atoms with E-state index in [1.807, 2.05) is 37.5 Å². The van der Waals surface area contributed by atoms with Gasteiger partial charge in [0.15, 0.2) is 5.96 Å². The maximum Gasteiger partial charge on any atom is 0.191 e. The summed E-state index contributed by atoms with van der Waals surface area (Å²) < 4.78 is 8.11. The SMILES string of the molecule is CN=C(NCCCCn1ccnc1C)NCC(C)Oc1cccc(C)c1. The molecule has 6 heteroatoms. The maximum atomic E-state index is 5.93. The zero-order valence-corrected chi connectivity index (χ0v) is 16.3. The molecule has 142 valence electrons. The van der Waals surface area contributed by atoms with Crippen molar-refractivity contribution in [1.82, 2.24) is 20.2 Å². The number of nitrogens with zero attached hydrogens (tertiary/aromatic N) is 3. The van der Waals surface area contributed by atoms with Crippen LogP contribution in [-0.4, -0.2) is 41.8 Å². The first-order valence-electron chi connectivity index (χ1n) is 9.24. The molecule has 1 unspecified atom stereocenters. The number of benzene rings is 1. The van der Waals surface area contributed by atoms with Gasteiger partial charge in [0.1, 0.15) is 17.7 Å². The second-order valence-corrected chi connectivity index (χ2v) is 6.50. The number of nitrogens with one attached hydrogen (secondary N) is 2. The van der Waals surface area contributed by atoms with E-state index in [0.717, 1.165) is 43.5 Å². The molecule has 6 nitrogen and oxygen atoms in total. The fraction of sp³-hybridized carbons (Fsp3) is 0.500. The molecule has 0 radical (unpaired) electrons. The minimum Gasteiger partial charge on any atom is -0.489 e. The number of rotatable bonds is 9. The van der Waals surface area contributed by atoms with Gasteiger partial charge in [-0.1, -0.05) is 12.1 Å². The van der Waals surface area contributed by atoms with Crippen molar-refractivity contribution < 1.29 is 4.74 Å². The molecule has 1 atom stereocenters. The number of aromatic nitrogens is 2. The summed E-state index contributed by atoms with van der Waals surface area (Å²) in [6.07, 6.45) is 6.11. The number of hydrogen-bond acceptors (Lipinski definition) is 3. The topological polar surface area (TPSA) is 63.5 Å². The van der Waals surface area contributed by atoms with Gasteiger partial charge in [-0.05, 0) is 51.3 Å². The number of ether oxygens (including phenoxy) is 1. The van der Waals surface area contributed by atoms with Gasteiger partial charge in [0.05, 0.1) is 6.54 Å². The second kappa shape index (κ2) is 10.5. The van der Waals surface area contributed by atoms with Crippen LogP contribution in [0.25, 0.3) is 0 Å². The van der Waals surface area contributed by atoms with Crippen molar-refractivity contribution in [2.75, 3.05) is 20.1 Å². The van der Waals surface area contributed by atoms with Gasteiger partial charge in [0, 0.05) is 32.5 Å². The molecule has 0 saturated heterocycles. The highest BCUT2D eigenvalue weighted by Crippen LogP contribution is 2.13. The highest BCUT2D eigenvalue weighted by Gasteiger charge is 2.06. The molecule has 1 aromatic heterocycles. The van der Waals surface area contributed by atoms with Crippen molar-refractivity contribution in [1.29, 1.82) is 0 Å². The maximum absolute atomic E-state index is 5.93. The molecular weight excluding hydrogens is 326 g/mol. The summed E-state index contributed by atoms with van der Waals surface area (Å²) in [5.74, 6) is 2.78. The Labute approximate surface area is 156 Å². The smallest absolute Gasteiger partial charge is 0.191 e. The van der Waals surface area contributed by atoms with Crippen LogP contribution in [0.2, 0.25) is 0 Å². The minimum atomic E-state index is 0.0552. The Morgan fingerprint density at radius 3 is 2.81 bits per heavy atom. The largest absolute Gasteiger partial charge is 0.489 e. The first kappa shape index (κ1) is 19.8. The molecule has 0 fully saturated rings. The van der Waals surface area contributed by atoms with Crippen molar-refractivity contribution in [3.63, 3.8) is 0 Å². The molecule has 0 aliphatic heterocycles. The number of aliphatic imine (C=N–C) groups is 1. The molecule has 2 rings (SSSR count). The van der Waals surface area contributed by atoms with Crippen molar-refractivity contribution >= 4 is 5.96 Å². The molecule has 1 heterocycles. The van der Waals surface area contributed by atoms with Gasteiger partial charge < -0.3 is 19.9 Å². The number of unbranched alkanes of at least 4 members (excludes halogenated alkanes) is 1. The molecule has 0 bridgehead atoms. The van der Waals surface area contributed by atoms with Crippen molar-refractivity contribution in [3.8, 4) is 5.75 Å². The van der Waals surface area contributed by atoms with Crippen LogP contribution in [0.3, 0.4) is 0 Å². The molecule has 0 amide bonds. The van der Waals surface area contributed by atoms with Crippen molar-refractivity contribution in [2.45, 2.75) is 46.3 Å². The van der Waals surface area contributed by atoms with Crippen LogP contribution < -0.4 is 15.4 Å². The number of hydrogen-bond donors (Lipinski definition) is 2. The Bertz CT molecular complexity index is 695. The van der Waals surface area contributed by atoms with Crippen LogP contribution in [0.15, 0.2) is 41.7 Å². The predicted molar refractivity (Wildman–Crippen MR) is 107 cm³/mol. The lowest BCUT2D eigenvalue weighted by Gasteiger charge is -2.18. The highest BCUT2D eigenvalue weighted by molar-refractivity contribution is 5.79. The molecule has 1 aromatic carbocycles. The Hall–Kier alpha value is -2.50. The van der Waals surface area contributed by atoms with E-state index in [-0.39, 0.29) is 6.10 Å². The monoisotopic (exact) mass is 357 g/mol. The van der Waals surface area contributed by atoms with E-state index in [2.05, 4.69) is 45.1 Å². The van der Waals surface area contributed by atoms with Gasteiger partial charge >= 0.3 is 0 Å². The Morgan fingerprint density at radius 2 is 2.12 bits per heavy atom. The first-order valence-corrected chi connectivity index (χ1v) is 9.24. The van der Waals surface area contributed by atoms with Gasteiger partial charge in [0.2, 0.25) is 0 Å². The lowest BCUT2D eigenvalue weighted by atomic mass is 10.2. The van der Waals surface area contributed by atoms with E-state index in [1.54, 1.807) is 7.05 Å². The molecule has 0 aliphatic rings. The first-order chi connectivity index (χ1) is 12.6. The number of imidazole rings is 1. The van der Waals surface area contributed by atoms with Crippen LogP contribution in [0, 0.1) is 13.8 Å². The van der Waals surface area contributed by atoms with Gasteiger partial charge in [-0.25, -0.2) is 4.98 Å². The van der Waals surface area contributed by atoms with E-state index in [9.17, 15) is 0 Å². The zero-order valence-electron chi connectivity index (χ0n) is 16.3. The van der Waals surface area contributed by atoms with Crippen LogP contribution in [0.4, 0.5) is 0 Å². The van der Waals surface area contributed by atoms with E-state index in [0.29, 0.717) is 6.54 Å². The molecular formula is C20H31N5O. The lowest BCUT2D eigenvalue weighted by Crippen LogP contribution is -2.42. The van der Waals surface area contributed by atoms with Gasteiger partial charge in [-0.2, -0.15) is 0 Å². The Morgan fingerprint density at radius 1 is 1.27 bits per heavy atom. The second-order valence-electron chi connectivity index (χ2n) is 6.50. The molecule has 0 aliphatic carbocycles. The summed E-state index contributed by atoms with van der Waals surface area (Å²) >= 11 is 0. The van der Waals surface area contributed by atoms with Crippen LogP contribution in [0.1, 0.15) is 31.2 Å². The summed E-state index contributed by atoms with van der Waals surface area (Å²) in [5, 5.41) is 6.67. The zero-order chi connectivity index (χ0) is 18.8. The fourth-order valence-electron chi connectivity index (χ4n) is 2.68. The van der Waals surface area contributed by atoms with Crippen LogP contribution in [0.5, 0.6) is 5.75 Å². The van der Waals surface area contributed by atoms with Gasteiger partial charge in [-0.3, -0.25) is 4.99 Å². The summed E-state index contributed by atoms with van der Waals surface area (Å²) in [6, 6.07) is 8.11. The van der Waals surface area contributed by atoms with E-state index in [4.69, 9.17) is 4.74 Å². The van der Waals surface area contributed by atoms with E-state index < -0.39 is 0 Å². The molecule has 2 aromatic rings. The standard InChI is InChI=1S/C20H31N5O/c1-16-8-7-9-19(14-16)26-17(2)15-24-20(21-4)23-10-5-6-12-25-13-11-22-18(25)3/h7-9,11,13-14,17H,5-6,10,12,15H2,1-4H3,(H2,21,23,24). The van der Waals surface area contributed by atoms with Gasteiger partial charge in [-0.15, -0.1) is 0 Å². The van der Waals surface area contributed by atoms with E-state index >= 15 is 0 Å². The van der Waals surface area contributed by atoms with E-state index in [1.165, 1.54) is 5.56 Å². The predicted octanol–water partition coefficient (Wildman–Crippen LogP) is 2.91. The normalized spacial score (nSPS) is 12.7. The van der Waals surface area contributed by atoms with Crippen LogP contribution in [-0.2, 0) is 6.54 Å². The third kappa shape index (κ3) is 6.78. The minimum absolute atomic E-state index is 0.0552. The highest BCUT2D eigenvalue weighted by atomic mass is 16.5. The summed E-state index contributed by atoms with van der Waals surface area (Å²) in [4.78, 5) is 8.51. The third-order valence-corrected chi connectivity index (χ3v) is 4.15. The molecule has 2 N–H and O–H groups in total. The number of guanidine groups is 1. The Balaban J connectivity index is 1.62. The third-order valence-electron chi connectivity index (χ3n) is 4.15. The summed E-state index contributed by atoms with van der Waals surface area (Å²) in [7, 11) is 1.79. The summed E-state index contributed by atoms with van der Waals surface area (Å²) in [6.45, 7) is 8.74. The summed E-state index contributed by atoms with van der Waals surface area (Å²) in [5.41, 5.74) is 1.20. The average Bonchev–Trinajstić information content (AvgIpc) is 3.02. The average molecular weight is 358 g/mol. The fourth-order valence-corrected chi connectivity index (χ4v) is 2.68. The van der Waals surface area contributed by atoms with Gasteiger partial charge in [0.25, 0.3) is 0 Å². The van der Waals surface area contributed by atoms with Crippen molar-refractivity contribution in [2.24, 2.45) is 4.99 Å². The molecule has 0 saturated carbocycles. The molecule has 26 heavy (non-hydrogen) atoms. The lowest BCUT2D eigenvalue weighted by molar-refractivity contribution is 0.223. The van der Waals surface area contributed by atoms with Crippen LogP contribution >= 0.6 is 0 Å². The van der Waals surface area contributed by atoms with Crippen molar-refractivity contribution in [3.05, 3.63) is 48.0 Å².